The summed E-state index contributed by atoms with van der Waals surface area (Å²) in [5, 5.41) is 6.24. The number of hydrogen-bond acceptors (Lipinski definition) is 4. The average Bonchev–Trinajstić information content (AvgIpc) is 3.14. The van der Waals surface area contributed by atoms with E-state index >= 15 is 0 Å². The lowest BCUT2D eigenvalue weighted by molar-refractivity contribution is -0.115. The van der Waals surface area contributed by atoms with Gasteiger partial charge in [-0.1, -0.05) is 18.2 Å². The monoisotopic (exact) mass is 328 g/mol. The van der Waals surface area contributed by atoms with E-state index in [1.54, 1.807) is 0 Å². The maximum atomic E-state index is 12.3. The molecule has 0 atom stereocenters. The second-order valence-electron chi connectivity index (χ2n) is 5.20. The van der Waals surface area contributed by atoms with Crippen LogP contribution in [0.4, 0.5) is 5.00 Å². The minimum absolute atomic E-state index is 0.167. The number of H-pyrrole nitrogens is 1. The fraction of sp³-hybridized carbons (Fsp3) is 0.176. The number of methoxy groups -OCH3 is 1. The SMILES string of the molecule is COC(=O)c1c(C)csc1NC(=O)Cc1cccc2cc[nH]c12. The minimum atomic E-state index is -0.439. The number of amides is 1. The van der Waals surface area contributed by atoms with Gasteiger partial charge in [-0.2, -0.15) is 0 Å². The van der Waals surface area contributed by atoms with Crippen molar-refractivity contribution in [2.75, 3.05) is 12.4 Å². The van der Waals surface area contributed by atoms with Gasteiger partial charge in [-0.05, 0) is 34.9 Å². The largest absolute Gasteiger partial charge is 0.465 e. The molecule has 2 N–H and O–H groups in total. The molecule has 1 amide bonds. The first-order valence-electron chi connectivity index (χ1n) is 7.11. The quantitative estimate of drug-likeness (QED) is 0.720. The van der Waals surface area contributed by atoms with Crippen molar-refractivity contribution in [1.82, 2.24) is 4.98 Å². The average molecular weight is 328 g/mol. The number of thiophene rings is 1. The second kappa shape index (κ2) is 6.26. The number of nitrogens with one attached hydrogen (secondary N) is 2. The number of aryl methyl sites for hydroxylation is 1. The molecule has 0 unspecified atom stereocenters. The number of carbonyl (C=O) groups is 2. The Labute approximate surface area is 137 Å². The van der Waals surface area contributed by atoms with Gasteiger partial charge in [0.1, 0.15) is 5.00 Å². The van der Waals surface area contributed by atoms with Crippen LogP contribution in [0.3, 0.4) is 0 Å². The Hall–Kier alpha value is -2.60. The third-order valence-electron chi connectivity index (χ3n) is 3.64. The number of esters is 1. The van der Waals surface area contributed by atoms with Crippen molar-refractivity contribution >= 4 is 39.1 Å². The van der Waals surface area contributed by atoms with Crippen molar-refractivity contribution in [2.24, 2.45) is 0 Å². The highest BCUT2D eigenvalue weighted by atomic mass is 32.1. The molecule has 0 radical (unpaired) electrons. The number of para-hydroxylation sites is 1. The molecule has 0 spiro atoms. The Bertz CT molecular complexity index is 879. The van der Waals surface area contributed by atoms with E-state index in [2.05, 4.69) is 10.3 Å². The van der Waals surface area contributed by atoms with Crippen molar-refractivity contribution in [3.63, 3.8) is 0 Å². The molecule has 0 saturated carbocycles. The van der Waals surface area contributed by atoms with Crippen molar-refractivity contribution in [3.8, 4) is 0 Å². The summed E-state index contributed by atoms with van der Waals surface area (Å²) in [4.78, 5) is 27.3. The predicted molar refractivity (Wildman–Crippen MR) is 91.0 cm³/mol. The van der Waals surface area contributed by atoms with Crippen LogP contribution in [0.1, 0.15) is 21.5 Å². The predicted octanol–water partition coefficient (Wildman–Crippen LogP) is 3.51. The third kappa shape index (κ3) is 2.98. The van der Waals surface area contributed by atoms with Crippen LogP contribution in [0.15, 0.2) is 35.8 Å². The molecule has 0 aliphatic carbocycles. The van der Waals surface area contributed by atoms with Crippen LogP contribution >= 0.6 is 11.3 Å². The fourth-order valence-electron chi connectivity index (χ4n) is 2.53. The number of rotatable bonds is 4. The van der Waals surface area contributed by atoms with Gasteiger partial charge in [0.15, 0.2) is 0 Å². The van der Waals surface area contributed by atoms with Gasteiger partial charge in [-0.15, -0.1) is 11.3 Å². The first kappa shape index (κ1) is 15.3. The maximum absolute atomic E-state index is 12.3. The van der Waals surface area contributed by atoms with E-state index in [9.17, 15) is 9.59 Å². The summed E-state index contributed by atoms with van der Waals surface area (Å²) in [7, 11) is 1.33. The van der Waals surface area contributed by atoms with Crippen LogP contribution in [0.25, 0.3) is 10.9 Å². The van der Waals surface area contributed by atoms with E-state index in [1.807, 2.05) is 42.8 Å². The summed E-state index contributed by atoms with van der Waals surface area (Å²) in [6.07, 6.45) is 2.08. The van der Waals surface area contributed by atoms with Crippen LogP contribution in [0.5, 0.6) is 0 Å². The minimum Gasteiger partial charge on any atom is -0.465 e. The lowest BCUT2D eigenvalue weighted by Crippen LogP contribution is -2.16. The van der Waals surface area contributed by atoms with Gasteiger partial charge in [-0.25, -0.2) is 4.79 Å². The smallest absolute Gasteiger partial charge is 0.341 e. The summed E-state index contributed by atoms with van der Waals surface area (Å²) in [6, 6.07) is 7.80. The number of carbonyl (C=O) groups excluding carboxylic acids is 2. The summed E-state index contributed by atoms with van der Waals surface area (Å²) in [6.45, 7) is 1.82. The number of benzene rings is 1. The summed E-state index contributed by atoms with van der Waals surface area (Å²) >= 11 is 1.32. The molecule has 1 aromatic carbocycles. The highest BCUT2D eigenvalue weighted by Crippen LogP contribution is 2.28. The number of fused-ring (bicyclic) bond motifs is 1. The molecule has 0 fully saturated rings. The lowest BCUT2D eigenvalue weighted by Gasteiger charge is -2.07. The van der Waals surface area contributed by atoms with E-state index in [4.69, 9.17) is 4.74 Å². The Morgan fingerprint density at radius 1 is 1.30 bits per heavy atom. The van der Waals surface area contributed by atoms with E-state index in [0.29, 0.717) is 10.6 Å². The zero-order chi connectivity index (χ0) is 16.4. The van der Waals surface area contributed by atoms with Gasteiger partial charge in [0.05, 0.1) is 19.1 Å². The van der Waals surface area contributed by atoms with Crippen LogP contribution in [-0.4, -0.2) is 24.0 Å². The van der Waals surface area contributed by atoms with Crippen molar-refractivity contribution in [1.29, 1.82) is 0 Å². The summed E-state index contributed by atoms with van der Waals surface area (Å²) < 4.78 is 4.77. The molecule has 3 aromatic rings. The molecular formula is C17H16N2O3S. The first-order valence-corrected chi connectivity index (χ1v) is 7.99. The molecule has 0 saturated heterocycles. The number of aromatic nitrogens is 1. The highest BCUT2D eigenvalue weighted by molar-refractivity contribution is 7.15. The molecule has 118 valence electrons. The molecule has 5 nitrogen and oxygen atoms in total. The number of aromatic amines is 1. The lowest BCUT2D eigenvalue weighted by atomic mass is 10.1. The van der Waals surface area contributed by atoms with Gasteiger partial charge in [-0.3, -0.25) is 4.79 Å². The number of ether oxygens (including phenoxy) is 1. The van der Waals surface area contributed by atoms with E-state index in [0.717, 1.165) is 22.0 Å². The van der Waals surface area contributed by atoms with Crippen LogP contribution in [0.2, 0.25) is 0 Å². The Balaban J connectivity index is 1.81. The van der Waals surface area contributed by atoms with Crippen molar-refractivity contribution < 1.29 is 14.3 Å². The van der Waals surface area contributed by atoms with Gasteiger partial charge in [0.2, 0.25) is 5.91 Å². The molecule has 2 aromatic heterocycles. The van der Waals surface area contributed by atoms with E-state index < -0.39 is 5.97 Å². The normalized spacial score (nSPS) is 10.7. The van der Waals surface area contributed by atoms with Crippen molar-refractivity contribution in [2.45, 2.75) is 13.3 Å². The highest BCUT2D eigenvalue weighted by Gasteiger charge is 2.19. The molecule has 6 heteroatoms. The second-order valence-corrected chi connectivity index (χ2v) is 6.08. The van der Waals surface area contributed by atoms with Gasteiger partial charge in [0, 0.05) is 11.7 Å². The van der Waals surface area contributed by atoms with Gasteiger partial charge < -0.3 is 15.0 Å². The summed E-state index contributed by atoms with van der Waals surface area (Å²) in [5.41, 5.74) is 3.09. The van der Waals surface area contributed by atoms with Crippen LogP contribution in [-0.2, 0) is 16.0 Å². The topological polar surface area (TPSA) is 71.2 Å². The Morgan fingerprint density at radius 2 is 2.13 bits per heavy atom. The molecule has 2 heterocycles. The number of hydrogen-bond donors (Lipinski definition) is 2. The molecule has 0 aliphatic rings. The standard InChI is InChI=1S/C17H16N2O3S/c1-10-9-23-16(14(10)17(21)22-2)19-13(20)8-12-5-3-4-11-6-7-18-15(11)12/h3-7,9,18H,8H2,1-2H3,(H,19,20). The Kier molecular flexibility index (Phi) is 4.16. The molecule has 0 aliphatic heterocycles. The molecular weight excluding hydrogens is 312 g/mol. The van der Waals surface area contributed by atoms with Crippen LogP contribution in [0, 0.1) is 6.92 Å². The fourth-order valence-corrected chi connectivity index (χ4v) is 3.48. The Morgan fingerprint density at radius 3 is 2.91 bits per heavy atom. The maximum Gasteiger partial charge on any atom is 0.341 e. The van der Waals surface area contributed by atoms with E-state index in [-0.39, 0.29) is 12.3 Å². The molecule has 3 rings (SSSR count). The van der Waals surface area contributed by atoms with Crippen LogP contribution < -0.4 is 5.32 Å². The van der Waals surface area contributed by atoms with E-state index in [1.165, 1.54) is 18.4 Å². The third-order valence-corrected chi connectivity index (χ3v) is 4.66. The molecule has 23 heavy (non-hydrogen) atoms. The number of anilines is 1. The first-order chi connectivity index (χ1) is 11.1. The zero-order valence-corrected chi connectivity index (χ0v) is 13.6. The molecule has 0 bridgehead atoms. The van der Waals surface area contributed by atoms with Gasteiger partial charge in [0.25, 0.3) is 0 Å². The zero-order valence-electron chi connectivity index (χ0n) is 12.8. The van der Waals surface area contributed by atoms with Crippen molar-refractivity contribution in [3.05, 3.63) is 52.5 Å². The van der Waals surface area contributed by atoms with Gasteiger partial charge >= 0.3 is 5.97 Å². The summed E-state index contributed by atoms with van der Waals surface area (Å²) in [5.74, 6) is -0.607.